The van der Waals surface area contributed by atoms with E-state index in [0.29, 0.717) is 29.5 Å². The van der Waals surface area contributed by atoms with Gasteiger partial charge in [0.2, 0.25) is 5.95 Å². The Labute approximate surface area is 151 Å². The van der Waals surface area contributed by atoms with E-state index in [1.54, 1.807) is 31.4 Å². The molecule has 1 aromatic carbocycles. The molecule has 1 aliphatic rings. The van der Waals surface area contributed by atoms with E-state index >= 15 is 0 Å². The molecule has 2 aromatic rings. The lowest BCUT2D eigenvalue weighted by atomic mass is 10.1. The molecule has 0 radical (unpaired) electrons. The Hall–Kier alpha value is -2.89. The molecule has 0 bridgehead atoms. The molecule has 0 unspecified atom stereocenters. The number of nitrogens with one attached hydrogen (secondary N) is 2. The Kier molecular flexibility index (Phi) is 5.84. The Morgan fingerprint density at radius 3 is 2.73 bits per heavy atom. The first kappa shape index (κ1) is 17.9. The Morgan fingerprint density at radius 1 is 1.35 bits per heavy atom. The van der Waals surface area contributed by atoms with E-state index in [2.05, 4.69) is 20.2 Å². The number of methoxy groups -OCH3 is 1. The molecule has 2 heterocycles. The highest BCUT2D eigenvalue weighted by Crippen LogP contribution is 2.22. The van der Waals surface area contributed by atoms with Crippen molar-refractivity contribution in [1.82, 2.24) is 14.9 Å². The van der Waals surface area contributed by atoms with Gasteiger partial charge in [-0.3, -0.25) is 14.7 Å². The molecular formula is C18H21N5O3. The third kappa shape index (κ3) is 4.20. The summed E-state index contributed by atoms with van der Waals surface area (Å²) in [5.74, 6) is 1.05. The molecule has 136 valence electrons. The average molecular weight is 355 g/mol. The van der Waals surface area contributed by atoms with Gasteiger partial charge in [0, 0.05) is 31.7 Å². The fourth-order valence-electron chi connectivity index (χ4n) is 2.78. The summed E-state index contributed by atoms with van der Waals surface area (Å²) in [5, 5.41) is 12.5. The molecule has 2 N–H and O–H groups in total. The second-order valence-corrected chi connectivity index (χ2v) is 5.86. The quantitative estimate of drug-likeness (QED) is 0.798. The summed E-state index contributed by atoms with van der Waals surface area (Å²) in [6.07, 6.45) is 0. The summed E-state index contributed by atoms with van der Waals surface area (Å²) >= 11 is 0. The molecule has 0 amide bonds. The van der Waals surface area contributed by atoms with Crippen molar-refractivity contribution in [3.63, 3.8) is 0 Å². The fraction of sp³-hybridized carbons (Fsp3) is 0.389. The van der Waals surface area contributed by atoms with Gasteiger partial charge in [-0.15, -0.1) is 0 Å². The maximum absolute atomic E-state index is 12.2. The zero-order chi connectivity index (χ0) is 18.4. The number of rotatable bonds is 6. The van der Waals surface area contributed by atoms with Crippen LogP contribution in [0.5, 0.6) is 5.75 Å². The van der Waals surface area contributed by atoms with E-state index in [1.807, 2.05) is 6.07 Å². The van der Waals surface area contributed by atoms with E-state index in [1.165, 1.54) is 0 Å². The molecule has 1 aliphatic heterocycles. The minimum atomic E-state index is -0.456. The van der Waals surface area contributed by atoms with Crippen molar-refractivity contribution in [2.24, 2.45) is 0 Å². The van der Waals surface area contributed by atoms with Crippen molar-refractivity contribution in [1.29, 1.82) is 5.26 Å². The van der Waals surface area contributed by atoms with Crippen LogP contribution >= 0.6 is 0 Å². The highest BCUT2D eigenvalue weighted by molar-refractivity contribution is 5.67. The topological polar surface area (TPSA) is 103 Å². The number of hydrogen-bond acceptors (Lipinski definition) is 7. The molecule has 1 fully saturated rings. The number of nitrogens with zero attached hydrogens (tertiary/aromatic N) is 3. The summed E-state index contributed by atoms with van der Waals surface area (Å²) < 4.78 is 10.5. The van der Waals surface area contributed by atoms with Crippen LogP contribution in [0.3, 0.4) is 0 Å². The number of aromatic amines is 1. The first-order chi connectivity index (χ1) is 12.7. The monoisotopic (exact) mass is 355 g/mol. The number of nitriles is 1. The Balaban J connectivity index is 1.77. The van der Waals surface area contributed by atoms with E-state index < -0.39 is 5.56 Å². The molecule has 8 heteroatoms. The molecule has 26 heavy (non-hydrogen) atoms. The minimum Gasteiger partial charge on any atom is -0.497 e. The second kappa shape index (κ2) is 8.47. The van der Waals surface area contributed by atoms with Crippen molar-refractivity contribution in [3.05, 3.63) is 40.2 Å². The lowest BCUT2D eigenvalue weighted by Gasteiger charge is -2.26. The lowest BCUT2D eigenvalue weighted by molar-refractivity contribution is 0.0398. The maximum atomic E-state index is 12.2. The van der Waals surface area contributed by atoms with Crippen LogP contribution in [0, 0.1) is 11.3 Å². The standard InChI is InChI=1S/C18H21N5O3/c1-25-14-4-2-13(3-5-14)16-15(12-19)17(24)22-18(21-16)20-6-7-23-8-10-26-11-9-23/h2-5H,6-11H2,1H3,(H2,20,21,22,24). The molecule has 1 aromatic heterocycles. The van der Waals surface area contributed by atoms with Gasteiger partial charge >= 0.3 is 0 Å². The van der Waals surface area contributed by atoms with Crippen LogP contribution in [-0.4, -0.2) is 61.4 Å². The number of morpholine rings is 1. The molecule has 0 aliphatic carbocycles. The predicted molar refractivity (Wildman–Crippen MR) is 97.3 cm³/mol. The lowest BCUT2D eigenvalue weighted by Crippen LogP contribution is -2.39. The van der Waals surface area contributed by atoms with Crippen molar-refractivity contribution < 1.29 is 9.47 Å². The number of H-pyrrole nitrogens is 1. The van der Waals surface area contributed by atoms with Gasteiger partial charge in [-0.05, 0) is 24.3 Å². The van der Waals surface area contributed by atoms with Gasteiger partial charge < -0.3 is 14.8 Å². The first-order valence-electron chi connectivity index (χ1n) is 8.44. The van der Waals surface area contributed by atoms with Crippen molar-refractivity contribution in [2.75, 3.05) is 51.8 Å². The summed E-state index contributed by atoms with van der Waals surface area (Å²) in [6.45, 7) is 4.75. The second-order valence-electron chi connectivity index (χ2n) is 5.86. The van der Waals surface area contributed by atoms with E-state index in [-0.39, 0.29) is 5.56 Å². The van der Waals surface area contributed by atoms with Gasteiger partial charge in [0.15, 0.2) is 0 Å². The molecule has 3 rings (SSSR count). The first-order valence-corrected chi connectivity index (χ1v) is 8.44. The number of anilines is 1. The largest absolute Gasteiger partial charge is 0.497 e. The molecule has 0 saturated carbocycles. The number of benzene rings is 1. The number of aromatic nitrogens is 2. The zero-order valence-electron chi connectivity index (χ0n) is 14.6. The fourth-order valence-corrected chi connectivity index (χ4v) is 2.78. The summed E-state index contributed by atoms with van der Waals surface area (Å²) in [4.78, 5) is 21.6. The Morgan fingerprint density at radius 2 is 2.08 bits per heavy atom. The van der Waals surface area contributed by atoms with Gasteiger partial charge in [-0.2, -0.15) is 5.26 Å². The van der Waals surface area contributed by atoms with Crippen LogP contribution in [0.2, 0.25) is 0 Å². The van der Waals surface area contributed by atoms with Crippen LogP contribution in [0.25, 0.3) is 11.3 Å². The van der Waals surface area contributed by atoms with Crippen LogP contribution in [0.4, 0.5) is 5.95 Å². The Bertz CT molecular complexity index is 835. The van der Waals surface area contributed by atoms with E-state index in [0.717, 1.165) is 32.8 Å². The van der Waals surface area contributed by atoms with Gasteiger partial charge in [0.05, 0.1) is 26.0 Å². The van der Waals surface area contributed by atoms with E-state index in [4.69, 9.17) is 9.47 Å². The third-order valence-electron chi connectivity index (χ3n) is 4.22. The normalized spacial score (nSPS) is 14.6. The SMILES string of the molecule is COc1ccc(-c2nc(NCCN3CCOCC3)[nH]c(=O)c2C#N)cc1. The summed E-state index contributed by atoms with van der Waals surface area (Å²) in [5.41, 5.74) is 0.577. The molecular weight excluding hydrogens is 334 g/mol. The minimum absolute atomic E-state index is 0.00565. The predicted octanol–water partition coefficient (Wildman–Crippen LogP) is 1.06. The molecule has 0 spiro atoms. The summed E-state index contributed by atoms with van der Waals surface area (Å²) in [6, 6.07) is 9.03. The van der Waals surface area contributed by atoms with Crippen LogP contribution in [0.1, 0.15) is 5.56 Å². The third-order valence-corrected chi connectivity index (χ3v) is 4.22. The smallest absolute Gasteiger partial charge is 0.270 e. The highest BCUT2D eigenvalue weighted by atomic mass is 16.5. The highest BCUT2D eigenvalue weighted by Gasteiger charge is 2.14. The van der Waals surface area contributed by atoms with Crippen molar-refractivity contribution in [2.45, 2.75) is 0 Å². The van der Waals surface area contributed by atoms with Crippen LogP contribution in [-0.2, 0) is 4.74 Å². The van der Waals surface area contributed by atoms with Gasteiger partial charge in [0.1, 0.15) is 17.4 Å². The van der Waals surface area contributed by atoms with E-state index in [9.17, 15) is 10.1 Å². The zero-order valence-corrected chi connectivity index (χ0v) is 14.6. The van der Waals surface area contributed by atoms with Crippen LogP contribution < -0.4 is 15.6 Å². The number of hydrogen-bond donors (Lipinski definition) is 2. The molecule has 8 nitrogen and oxygen atoms in total. The summed E-state index contributed by atoms with van der Waals surface area (Å²) in [7, 11) is 1.58. The van der Waals surface area contributed by atoms with Gasteiger partial charge in [0.25, 0.3) is 5.56 Å². The van der Waals surface area contributed by atoms with Gasteiger partial charge in [-0.1, -0.05) is 0 Å². The maximum Gasteiger partial charge on any atom is 0.270 e. The van der Waals surface area contributed by atoms with Crippen LogP contribution in [0.15, 0.2) is 29.1 Å². The van der Waals surface area contributed by atoms with Crippen molar-refractivity contribution >= 4 is 5.95 Å². The van der Waals surface area contributed by atoms with Crippen molar-refractivity contribution in [3.8, 4) is 23.1 Å². The average Bonchev–Trinajstić information content (AvgIpc) is 2.68. The molecule has 0 atom stereocenters. The number of ether oxygens (including phenoxy) is 2. The molecule has 1 saturated heterocycles. The van der Waals surface area contributed by atoms with Gasteiger partial charge in [-0.25, -0.2) is 4.98 Å².